The first kappa shape index (κ1) is 18.0. The minimum absolute atomic E-state index is 0.0980. The summed E-state index contributed by atoms with van der Waals surface area (Å²) in [4.78, 5) is 14.3. The van der Waals surface area contributed by atoms with E-state index < -0.39 is 0 Å². The molecule has 1 unspecified atom stereocenters. The summed E-state index contributed by atoms with van der Waals surface area (Å²) in [6, 6.07) is 2.72. The van der Waals surface area contributed by atoms with Crippen molar-refractivity contribution in [2.75, 3.05) is 30.7 Å². The van der Waals surface area contributed by atoms with Crippen molar-refractivity contribution in [3.05, 3.63) is 22.2 Å². The van der Waals surface area contributed by atoms with E-state index in [9.17, 15) is 4.79 Å². The van der Waals surface area contributed by atoms with Crippen molar-refractivity contribution in [1.82, 2.24) is 4.90 Å². The molecule has 0 heterocycles. The maximum atomic E-state index is 12.3. The fourth-order valence-electron chi connectivity index (χ4n) is 2.02. The van der Waals surface area contributed by atoms with Gasteiger partial charge in [0.1, 0.15) is 0 Å². The summed E-state index contributed by atoms with van der Waals surface area (Å²) in [5.41, 5.74) is 6.53. The highest BCUT2D eigenvalue weighted by Gasteiger charge is 2.21. The molecular weight excluding hydrogens is 313 g/mol. The van der Waals surface area contributed by atoms with Gasteiger partial charge in [0.15, 0.2) is 0 Å². The largest absolute Gasteiger partial charge is 0.397 e. The zero-order chi connectivity index (χ0) is 16.0. The number of anilines is 2. The van der Waals surface area contributed by atoms with E-state index in [0.717, 1.165) is 0 Å². The Bertz CT molecular complexity index is 474. The van der Waals surface area contributed by atoms with Gasteiger partial charge in [0.2, 0.25) is 5.91 Å². The molecule has 4 N–H and O–H groups in total. The van der Waals surface area contributed by atoms with Gasteiger partial charge in [-0.2, -0.15) is 0 Å². The van der Waals surface area contributed by atoms with Crippen LogP contribution in [0.4, 0.5) is 11.4 Å². The number of halogens is 2. The molecule has 0 fully saturated rings. The highest BCUT2D eigenvalue weighted by atomic mass is 35.5. The van der Waals surface area contributed by atoms with Crippen LogP contribution in [0.25, 0.3) is 0 Å². The molecule has 0 aliphatic carbocycles. The number of nitrogen functional groups attached to an aromatic ring is 1. The van der Waals surface area contributed by atoms with E-state index in [1.165, 1.54) is 12.1 Å². The Kier molecular flexibility index (Phi) is 7.25. The van der Waals surface area contributed by atoms with Gasteiger partial charge in [0.25, 0.3) is 0 Å². The number of aliphatic hydroxyl groups is 1. The van der Waals surface area contributed by atoms with E-state index >= 15 is 0 Å². The van der Waals surface area contributed by atoms with Crippen molar-refractivity contribution in [2.24, 2.45) is 0 Å². The first-order valence-electron chi connectivity index (χ1n) is 6.81. The fourth-order valence-corrected chi connectivity index (χ4v) is 2.57. The smallest absolute Gasteiger partial charge is 0.241 e. The molecule has 1 atom stereocenters. The molecule has 21 heavy (non-hydrogen) atoms. The summed E-state index contributed by atoms with van der Waals surface area (Å²) in [7, 11) is 0. The monoisotopic (exact) mass is 333 g/mol. The molecule has 1 aromatic rings. The van der Waals surface area contributed by atoms with Crippen molar-refractivity contribution in [3.63, 3.8) is 0 Å². The van der Waals surface area contributed by atoms with Crippen molar-refractivity contribution >= 4 is 40.5 Å². The van der Waals surface area contributed by atoms with Crippen molar-refractivity contribution < 1.29 is 9.90 Å². The highest BCUT2D eigenvalue weighted by molar-refractivity contribution is 6.37. The number of hydrogen-bond acceptors (Lipinski definition) is 4. The zero-order valence-electron chi connectivity index (χ0n) is 12.2. The highest BCUT2D eigenvalue weighted by Crippen LogP contribution is 2.32. The Balaban J connectivity index is 2.80. The molecule has 7 heteroatoms. The molecule has 0 bridgehead atoms. The number of carbonyl (C=O) groups excluding carboxylic acids is 1. The maximum Gasteiger partial charge on any atom is 0.241 e. The van der Waals surface area contributed by atoms with Crippen LogP contribution in [0.3, 0.4) is 0 Å². The molecule has 1 amide bonds. The zero-order valence-corrected chi connectivity index (χ0v) is 13.7. The number of nitrogens with two attached hydrogens (primary N) is 1. The van der Waals surface area contributed by atoms with Crippen LogP contribution in [0.1, 0.15) is 20.3 Å². The van der Waals surface area contributed by atoms with E-state index in [4.69, 9.17) is 34.0 Å². The molecule has 0 aliphatic rings. The Labute approximate surface area is 135 Å². The molecule has 0 radical (unpaired) electrons. The third-order valence-electron chi connectivity index (χ3n) is 3.27. The van der Waals surface area contributed by atoms with Gasteiger partial charge in [-0.1, -0.05) is 30.1 Å². The van der Waals surface area contributed by atoms with Crippen LogP contribution < -0.4 is 11.1 Å². The van der Waals surface area contributed by atoms with E-state index in [1.54, 1.807) is 6.92 Å². The number of rotatable bonds is 7. The Morgan fingerprint density at radius 1 is 1.48 bits per heavy atom. The predicted molar refractivity (Wildman–Crippen MR) is 87.9 cm³/mol. The minimum atomic E-state index is -0.354. The predicted octanol–water partition coefficient (Wildman–Crippen LogP) is 2.61. The summed E-state index contributed by atoms with van der Waals surface area (Å²) in [5, 5.41) is 12.4. The van der Waals surface area contributed by atoms with Gasteiger partial charge in [-0.3, -0.25) is 9.69 Å². The molecule has 0 aromatic heterocycles. The summed E-state index contributed by atoms with van der Waals surface area (Å²) in [6.07, 6.45) is 0.620. The van der Waals surface area contributed by atoms with E-state index in [2.05, 4.69) is 5.32 Å². The number of aliphatic hydroxyl groups excluding tert-OH is 1. The lowest BCUT2D eigenvalue weighted by molar-refractivity contribution is -0.120. The number of hydrogen-bond donors (Lipinski definition) is 3. The average molecular weight is 334 g/mol. The van der Waals surface area contributed by atoms with E-state index in [1.807, 2.05) is 11.8 Å². The average Bonchev–Trinajstić information content (AvgIpc) is 2.43. The second-order valence-electron chi connectivity index (χ2n) is 4.72. The van der Waals surface area contributed by atoms with Crippen LogP contribution >= 0.6 is 23.2 Å². The van der Waals surface area contributed by atoms with Gasteiger partial charge in [0, 0.05) is 18.2 Å². The third-order valence-corrected chi connectivity index (χ3v) is 3.79. The van der Waals surface area contributed by atoms with Crippen molar-refractivity contribution in [3.8, 4) is 0 Å². The lowest BCUT2D eigenvalue weighted by Gasteiger charge is -2.27. The molecule has 1 aromatic carbocycles. The van der Waals surface area contributed by atoms with Crippen LogP contribution in [-0.4, -0.2) is 41.7 Å². The molecule has 0 saturated heterocycles. The number of amides is 1. The number of likely N-dealkylation sites (N-methyl/N-ethyl adjacent to an activating group) is 1. The molecule has 1 rings (SSSR count). The molecule has 118 valence electrons. The summed E-state index contributed by atoms with van der Waals surface area (Å²) in [6.45, 7) is 5.21. The van der Waals surface area contributed by atoms with Crippen LogP contribution in [0, 0.1) is 0 Å². The van der Waals surface area contributed by atoms with Crippen molar-refractivity contribution in [1.29, 1.82) is 0 Å². The molecule has 0 saturated carbocycles. The van der Waals surface area contributed by atoms with Gasteiger partial charge >= 0.3 is 0 Å². The standard InChI is InChI=1S/C14H21Cl2N3O2/c1-3-19(5-4-6-20)9(2)14(21)18-13-11(16)7-10(15)8-12(13)17/h7-9,20H,3-6,17H2,1-2H3,(H,18,21). The number of nitrogens with zero attached hydrogens (tertiary/aromatic N) is 1. The first-order valence-corrected chi connectivity index (χ1v) is 7.56. The summed E-state index contributed by atoms with van der Waals surface area (Å²) < 4.78 is 0. The Hall–Kier alpha value is -1.01. The lowest BCUT2D eigenvalue weighted by Crippen LogP contribution is -2.42. The second-order valence-corrected chi connectivity index (χ2v) is 5.57. The quantitative estimate of drug-likeness (QED) is 0.670. The van der Waals surface area contributed by atoms with Crippen LogP contribution in [0.2, 0.25) is 10.0 Å². The minimum Gasteiger partial charge on any atom is -0.397 e. The summed E-state index contributed by atoms with van der Waals surface area (Å²) >= 11 is 11.9. The van der Waals surface area contributed by atoms with Crippen LogP contribution in [0.5, 0.6) is 0 Å². The fraction of sp³-hybridized carbons (Fsp3) is 0.500. The third kappa shape index (κ3) is 5.04. The van der Waals surface area contributed by atoms with Gasteiger partial charge in [-0.05, 0) is 32.0 Å². The normalized spacial score (nSPS) is 12.5. The Morgan fingerprint density at radius 2 is 2.14 bits per heavy atom. The van der Waals surface area contributed by atoms with Gasteiger partial charge in [-0.15, -0.1) is 0 Å². The van der Waals surface area contributed by atoms with Gasteiger partial charge < -0.3 is 16.2 Å². The number of nitrogens with one attached hydrogen (secondary N) is 1. The number of benzene rings is 1. The molecular formula is C14H21Cl2N3O2. The maximum absolute atomic E-state index is 12.3. The number of carbonyl (C=O) groups is 1. The van der Waals surface area contributed by atoms with Gasteiger partial charge in [0.05, 0.1) is 22.4 Å². The molecule has 5 nitrogen and oxygen atoms in total. The molecule has 0 aliphatic heterocycles. The second kappa shape index (κ2) is 8.44. The molecule has 0 spiro atoms. The SMILES string of the molecule is CCN(CCCO)C(C)C(=O)Nc1c(N)cc(Cl)cc1Cl. The van der Waals surface area contributed by atoms with E-state index in [-0.39, 0.29) is 18.6 Å². The lowest BCUT2D eigenvalue weighted by atomic mass is 10.2. The van der Waals surface area contributed by atoms with Crippen molar-refractivity contribution in [2.45, 2.75) is 26.3 Å². The topological polar surface area (TPSA) is 78.6 Å². The Morgan fingerprint density at radius 3 is 2.67 bits per heavy atom. The first-order chi connectivity index (χ1) is 9.90. The van der Waals surface area contributed by atoms with Crippen LogP contribution in [-0.2, 0) is 4.79 Å². The van der Waals surface area contributed by atoms with E-state index in [0.29, 0.717) is 40.9 Å². The van der Waals surface area contributed by atoms with Crippen LogP contribution in [0.15, 0.2) is 12.1 Å². The summed E-state index contributed by atoms with van der Waals surface area (Å²) in [5.74, 6) is -0.203. The van der Waals surface area contributed by atoms with Gasteiger partial charge in [-0.25, -0.2) is 0 Å².